The van der Waals surface area contributed by atoms with Crippen LogP contribution in [-0.2, 0) is 16.1 Å². The number of carbonyl (C=O) groups excluding carboxylic acids is 2. The molecule has 1 aliphatic rings. The molecule has 0 unspecified atom stereocenters. The largest absolute Gasteiger partial charge is 0.507 e. The van der Waals surface area contributed by atoms with Gasteiger partial charge in [-0.1, -0.05) is 68.3 Å². The predicted octanol–water partition coefficient (Wildman–Crippen LogP) is 6.14. The van der Waals surface area contributed by atoms with Crippen LogP contribution < -0.4 is 4.74 Å². The molecule has 0 saturated heterocycles. The van der Waals surface area contributed by atoms with E-state index in [9.17, 15) is 14.7 Å². The summed E-state index contributed by atoms with van der Waals surface area (Å²) in [5.41, 5.74) is 2.84. The van der Waals surface area contributed by atoms with E-state index in [1.165, 1.54) is 7.11 Å². The molecule has 0 heterocycles. The highest BCUT2D eigenvalue weighted by Gasteiger charge is 2.41. The number of rotatable bonds is 10. The first kappa shape index (κ1) is 30.6. The minimum Gasteiger partial charge on any atom is -0.507 e. The Balaban J connectivity index is 2.24. The number of aldehydes is 1. The zero-order valence-corrected chi connectivity index (χ0v) is 24.1. The van der Waals surface area contributed by atoms with Crippen LogP contribution in [0.25, 0.3) is 0 Å². The van der Waals surface area contributed by atoms with Crippen LogP contribution in [0, 0.1) is 24.2 Å². The van der Waals surface area contributed by atoms with E-state index in [1.807, 2.05) is 31.9 Å². The van der Waals surface area contributed by atoms with Gasteiger partial charge in [-0.05, 0) is 63.6 Å². The highest BCUT2D eigenvalue weighted by molar-refractivity contribution is 6.33. The van der Waals surface area contributed by atoms with Crippen LogP contribution in [0.15, 0.2) is 29.0 Å². The predicted molar refractivity (Wildman–Crippen MR) is 149 cm³/mol. The molecule has 0 amide bonds. The summed E-state index contributed by atoms with van der Waals surface area (Å²) in [6.07, 6.45) is 8.94. The summed E-state index contributed by atoms with van der Waals surface area (Å²) < 4.78 is 5.44. The number of oxime groups is 1. The Morgan fingerprint density at radius 3 is 2.62 bits per heavy atom. The number of methoxy groups -OCH3 is 1. The van der Waals surface area contributed by atoms with E-state index in [2.05, 4.69) is 38.1 Å². The van der Waals surface area contributed by atoms with E-state index >= 15 is 0 Å². The van der Waals surface area contributed by atoms with Crippen molar-refractivity contribution in [3.8, 4) is 11.5 Å². The fourth-order valence-electron chi connectivity index (χ4n) is 4.64. The fraction of sp³-hybridized carbons (Fsp3) is 0.552. The molecule has 1 aromatic rings. The summed E-state index contributed by atoms with van der Waals surface area (Å²) in [5, 5.41) is 15.3. The summed E-state index contributed by atoms with van der Waals surface area (Å²) in [4.78, 5) is 30.7. The lowest BCUT2D eigenvalue weighted by Gasteiger charge is -2.43. The van der Waals surface area contributed by atoms with Gasteiger partial charge in [0, 0.05) is 11.5 Å². The number of hydrogen-bond acceptors (Lipinski definition) is 7. The van der Waals surface area contributed by atoms with Gasteiger partial charge in [-0.25, -0.2) is 4.79 Å². The Morgan fingerprint density at radius 1 is 1.35 bits per heavy atom. The van der Waals surface area contributed by atoms with Crippen molar-refractivity contribution in [3.63, 3.8) is 0 Å². The fourth-order valence-corrected chi connectivity index (χ4v) is 4.93. The maximum Gasteiger partial charge on any atom is 0.348 e. The molecule has 0 aliphatic heterocycles. The first-order valence-corrected chi connectivity index (χ1v) is 13.1. The zero-order valence-electron chi connectivity index (χ0n) is 23.4. The third-order valence-corrected chi connectivity index (χ3v) is 8.39. The average Bonchev–Trinajstić information content (AvgIpc) is 2.87. The Hall–Kier alpha value is -2.64. The SMILES string of the molecule is CCN(C)CC(=O)O/N=C1\CC[C@@H](C)[C@](C)(/C=C/C(C)=C/Cc2c(O)c(C=O)c(C)c(Cl)c2OC)[C@H]1C. The summed E-state index contributed by atoms with van der Waals surface area (Å²) >= 11 is 6.40. The number of carbonyl (C=O) groups is 2. The average molecular weight is 533 g/mol. The van der Waals surface area contributed by atoms with Gasteiger partial charge in [0.05, 0.1) is 30.0 Å². The maximum atomic E-state index is 12.1. The number of ether oxygens (including phenoxy) is 1. The van der Waals surface area contributed by atoms with E-state index in [1.54, 1.807) is 6.92 Å². The topological polar surface area (TPSA) is 88.4 Å². The molecule has 3 atom stereocenters. The van der Waals surface area contributed by atoms with Gasteiger partial charge >= 0.3 is 5.97 Å². The zero-order chi connectivity index (χ0) is 27.9. The van der Waals surface area contributed by atoms with Crippen molar-refractivity contribution in [1.29, 1.82) is 0 Å². The second-order valence-corrected chi connectivity index (χ2v) is 10.6. The number of allylic oxidation sites excluding steroid dienone is 4. The number of nitrogens with zero attached hydrogens (tertiary/aromatic N) is 2. The Bertz CT molecular complexity index is 1090. The minimum absolute atomic E-state index is 0.0900. The van der Waals surface area contributed by atoms with E-state index < -0.39 is 0 Å². The Labute approximate surface area is 226 Å². The monoisotopic (exact) mass is 532 g/mol. The maximum absolute atomic E-state index is 12.1. The Kier molecular flexibility index (Phi) is 10.9. The molecule has 0 aromatic heterocycles. The van der Waals surface area contributed by atoms with E-state index in [0.717, 1.165) is 30.7 Å². The van der Waals surface area contributed by atoms with Gasteiger partial charge in [0.25, 0.3) is 0 Å². The van der Waals surface area contributed by atoms with Crippen LogP contribution in [0.1, 0.15) is 68.9 Å². The number of phenolic OH excluding ortho intramolecular Hbond substituents is 1. The smallest absolute Gasteiger partial charge is 0.348 e. The first-order valence-electron chi connectivity index (χ1n) is 12.7. The van der Waals surface area contributed by atoms with Crippen molar-refractivity contribution in [3.05, 3.63) is 45.5 Å². The van der Waals surface area contributed by atoms with Crippen LogP contribution in [0.2, 0.25) is 5.02 Å². The van der Waals surface area contributed by atoms with Gasteiger partial charge in [-0.15, -0.1) is 0 Å². The van der Waals surface area contributed by atoms with Crippen molar-refractivity contribution in [2.45, 2.75) is 60.8 Å². The molecule has 1 fully saturated rings. The molecule has 0 radical (unpaired) electrons. The van der Waals surface area contributed by atoms with Crippen molar-refractivity contribution in [1.82, 2.24) is 4.90 Å². The quantitative estimate of drug-likeness (QED) is 0.168. The van der Waals surface area contributed by atoms with Crippen molar-refractivity contribution in [2.75, 3.05) is 27.2 Å². The number of phenols is 1. The molecule has 204 valence electrons. The molecular formula is C29H41ClN2O5. The van der Waals surface area contributed by atoms with Crippen LogP contribution >= 0.6 is 11.6 Å². The van der Waals surface area contributed by atoms with Gasteiger partial charge in [-0.3, -0.25) is 9.69 Å². The van der Waals surface area contributed by atoms with E-state index in [-0.39, 0.29) is 35.2 Å². The summed E-state index contributed by atoms with van der Waals surface area (Å²) in [6, 6.07) is 0. The number of likely N-dealkylation sites (N-methyl/N-ethyl adjacent to an activating group) is 1. The van der Waals surface area contributed by atoms with Gasteiger partial charge in [0.15, 0.2) is 6.29 Å². The Morgan fingerprint density at radius 2 is 2.03 bits per heavy atom. The molecular weight excluding hydrogens is 492 g/mol. The summed E-state index contributed by atoms with van der Waals surface area (Å²) in [5.74, 6) is 0.405. The highest BCUT2D eigenvalue weighted by atomic mass is 35.5. The standard InChI is InChI=1S/C29H41ClN2O5/c1-9-32(7)16-25(34)37-31-24-13-11-19(3)29(6,21(24)5)15-14-18(2)10-12-22-27(35)23(17-33)20(4)26(30)28(22)36-8/h10,14-15,17,19,21,35H,9,11-13,16H2,1-8H3/b15-14+,18-10+,31-24+/t19-,21+,29+/m1/s1. The van der Waals surface area contributed by atoms with Crippen LogP contribution in [0.3, 0.4) is 0 Å². The number of halogens is 1. The molecule has 8 heteroatoms. The van der Waals surface area contributed by atoms with Gasteiger partial charge in [0.2, 0.25) is 0 Å². The van der Waals surface area contributed by atoms with Crippen LogP contribution in [0.4, 0.5) is 0 Å². The molecule has 0 spiro atoms. The van der Waals surface area contributed by atoms with Crippen molar-refractivity contribution >= 4 is 29.6 Å². The molecule has 37 heavy (non-hydrogen) atoms. The lowest BCUT2D eigenvalue weighted by Crippen LogP contribution is -2.40. The normalized spacial score (nSPS) is 23.6. The number of aromatic hydroxyl groups is 1. The molecule has 7 nitrogen and oxygen atoms in total. The van der Waals surface area contributed by atoms with Crippen LogP contribution in [0.5, 0.6) is 11.5 Å². The third-order valence-electron chi connectivity index (χ3n) is 7.93. The molecule has 2 rings (SSSR count). The molecule has 1 aliphatic carbocycles. The van der Waals surface area contributed by atoms with Gasteiger partial charge < -0.3 is 14.7 Å². The first-order chi connectivity index (χ1) is 17.4. The van der Waals surface area contributed by atoms with Gasteiger partial charge in [0.1, 0.15) is 11.5 Å². The van der Waals surface area contributed by atoms with Crippen molar-refractivity contribution < 1.29 is 24.3 Å². The van der Waals surface area contributed by atoms with E-state index in [0.29, 0.717) is 40.5 Å². The van der Waals surface area contributed by atoms with Gasteiger partial charge in [-0.2, -0.15) is 0 Å². The van der Waals surface area contributed by atoms with E-state index in [4.69, 9.17) is 21.2 Å². The third kappa shape index (κ3) is 7.02. The molecule has 1 N–H and O–H groups in total. The van der Waals surface area contributed by atoms with Crippen LogP contribution in [-0.4, -0.2) is 55.2 Å². The second-order valence-electron chi connectivity index (χ2n) is 10.2. The highest BCUT2D eigenvalue weighted by Crippen LogP contribution is 2.45. The summed E-state index contributed by atoms with van der Waals surface area (Å²) in [7, 11) is 3.36. The summed E-state index contributed by atoms with van der Waals surface area (Å²) in [6.45, 7) is 13.2. The minimum atomic E-state index is -0.355. The lowest BCUT2D eigenvalue weighted by molar-refractivity contribution is -0.144. The molecule has 1 saturated carbocycles. The second kappa shape index (κ2) is 13.2. The molecule has 1 aromatic carbocycles. The number of hydrogen-bond donors (Lipinski definition) is 1. The molecule has 0 bridgehead atoms. The van der Waals surface area contributed by atoms with Crippen molar-refractivity contribution in [2.24, 2.45) is 22.4 Å². The lowest BCUT2D eigenvalue weighted by atomic mass is 9.61. The number of benzene rings is 1.